The molecule has 102 valence electrons. The fourth-order valence-corrected chi connectivity index (χ4v) is 2.51. The van der Waals surface area contributed by atoms with Crippen LogP contribution < -0.4 is 10.6 Å². The van der Waals surface area contributed by atoms with Crippen molar-refractivity contribution >= 4 is 11.6 Å². The van der Waals surface area contributed by atoms with E-state index in [9.17, 15) is 4.79 Å². The number of amides is 1. The molecule has 0 spiro atoms. The maximum absolute atomic E-state index is 12.0. The molecule has 2 aromatic carbocycles. The first-order chi connectivity index (χ1) is 9.83. The summed E-state index contributed by atoms with van der Waals surface area (Å²) >= 11 is 0. The Morgan fingerprint density at radius 2 is 1.70 bits per heavy atom. The Hall–Kier alpha value is -2.13. The zero-order valence-corrected chi connectivity index (χ0v) is 11.3. The minimum atomic E-state index is -0.0381. The van der Waals surface area contributed by atoms with E-state index < -0.39 is 0 Å². The summed E-state index contributed by atoms with van der Waals surface area (Å²) in [5.74, 6) is 0.0648. The Labute approximate surface area is 119 Å². The second-order valence-electron chi connectivity index (χ2n) is 5.08. The summed E-state index contributed by atoms with van der Waals surface area (Å²) in [6.45, 7) is 0.936. The third-order valence-corrected chi connectivity index (χ3v) is 3.64. The van der Waals surface area contributed by atoms with Gasteiger partial charge in [0.05, 0.1) is 6.04 Å². The molecule has 1 saturated heterocycles. The quantitative estimate of drug-likeness (QED) is 0.896. The Morgan fingerprint density at radius 3 is 2.35 bits per heavy atom. The van der Waals surface area contributed by atoms with Gasteiger partial charge in [-0.15, -0.1) is 0 Å². The highest BCUT2D eigenvalue weighted by Gasteiger charge is 2.21. The molecule has 0 bridgehead atoms. The molecule has 1 amide bonds. The lowest BCUT2D eigenvalue weighted by molar-refractivity contribution is -0.117. The van der Waals surface area contributed by atoms with Crippen LogP contribution in [0.1, 0.15) is 12.8 Å². The highest BCUT2D eigenvalue weighted by molar-refractivity contribution is 5.95. The second kappa shape index (κ2) is 5.88. The molecule has 3 rings (SSSR count). The van der Waals surface area contributed by atoms with E-state index in [1.807, 2.05) is 42.5 Å². The molecule has 0 radical (unpaired) electrons. The molecule has 3 nitrogen and oxygen atoms in total. The third kappa shape index (κ3) is 2.89. The maximum Gasteiger partial charge on any atom is 0.241 e. The Kier molecular flexibility index (Phi) is 3.79. The minimum Gasteiger partial charge on any atom is -0.325 e. The summed E-state index contributed by atoms with van der Waals surface area (Å²) in [6.07, 6.45) is 2.00. The van der Waals surface area contributed by atoms with Gasteiger partial charge in [-0.25, -0.2) is 0 Å². The molecule has 3 heteroatoms. The van der Waals surface area contributed by atoms with Crippen LogP contribution >= 0.6 is 0 Å². The summed E-state index contributed by atoms with van der Waals surface area (Å²) in [5.41, 5.74) is 3.19. The zero-order valence-electron chi connectivity index (χ0n) is 11.3. The Morgan fingerprint density at radius 1 is 1.00 bits per heavy atom. The lowest BCUT2D eigenvalue weighted by atomic mass is 10.1. The monoisotopic (exact) mass is 266 g/mol. The average Bonchev–Trinajstić information content (AvgIpc) is 3.03. The smallest absolute Gasteiger partial charge is 0.241 e. The third-order valence-electron chi connectivity index (χ3n) is 3.64. The fourth-order valence-electron chi connectivity index (χ4n) is 2.51. The molecule has 0 saturated carbocycles. The van der Waals surface area contributed by atoms with E-state index in [4.69, 9.17) is 0 Å². The number of benzene rings is 2. The molecule has 0 unspecified atom stereocenters. The molecule has 1 atom stereocenters. The second-order valence-corrected chi connectivity index (χ2v) is 5.08. The van der Waals surface area contributed by atoms with Crippen molar-refractivity contribution in [3.8, 4) is 11.1 Å². The molecule has 20 heavy (non-hydrogen) atoms. The van der Waals surface area contributed by atoms with Crippen LogP contribution in [0.5, 0.6) is 0 Å². The average molecular weight is 266 g/mol. The van der Waals surface area contributed by atoms with E-state index in [1.165, 1.54) is 5.56 Å². The van der Waals surface area contributed by atoms with Crippen molar-refractivity contribution < 1.29 is 4.79 Å². The van der Waals surface area contributed by atoms with E-state index >= 15 is 0 Å². The van der Waals surface area contributed by atoms with Crippen molar-refractivity contribution in [2.45, 2.75) is 18.9 Å². The highest BCUT2D eigenvalue weighted by atomic mass is 16.2. The molecular weight excluding hydrogens is 248 g/mol. The van der Waals surface area contributed by atoms with Crippen molar-refractivity contribution in [2.75, 3.05) is 11.9 Å². The van der Waals surface area contributed by atoms with E-state index in [2.05, 4.69) is 22.8 Å². The van der Waals surface area contributed by atoms with Crippen LogP contribution in [0.25, 0.3) is 11.1 Å². The van der Waals surface area contributed by atoms with Gasteiger partial charge in [0.2, 0.25) is 5.91 Å². The topological polar surface area (TPSA) is 41.1 Å². The summed E-state index contributed by atoms with van der Waals surface area (Å²) in [6, 6.07) is 18.2. The van der Waals surface area contributed by atoms with Gasteiger partial charge in [-0.1, -0.05) is 42.5 Å². The number of hydrogen-bond donors (Lipinski definition) is 2. The van der Waals surface area contributed by atoms with Gasteiger partial charge in [-0.2, -0.15) is 0 Å². The van der Waals surface area contributed by atoms with Crippen LogP contribution in [0.2, 0.25) is 0 Å². The number of anilines is 1. The molecule has 0 aliphatic carbocycles. The molecule has 1 heterocycles. The Balaban J connectivity index is 1.68. The van der Waals surface area contributed by atoms with E-state index in [1.54, 1.807) is 0 Å². The largest absolute Gasteiger partial charge is 0.325 e. The SMILES string of the molecule is O=C(Nc1ccc(-c2ccccc2)cc1)[C@H]1CCCN1. The number of carbonyl (C=O) groups excluding carboxylic acids is 1. The summed E-state index contributed by atoms with van der Waals surface area (Å²) in [5, 5.41) is 6.16. The van der Waals surface area contributed by atoms with Crippen molar-refractivity contribution in [3.05, 3.63) is 54.6 Å². The predicted octanol–water partition coefficient (Wildman–Crippen LogP) is 3.04. The van der Waals surface area contributed by atoms with Crippen molar-refractivity contribution in [2.24, 2.45) is 0 Å². The van der Waals surface area contributed by atoms with Crippen molar-refractivity contribution in [1.29, 1.82) is 0 Å². The maximum atomic E-state index is 12.0. The lowest BCUT2D eigenvalue weighted by Gasteiger charge is -2.11. The number of nitrogens with one attached hydrogen (secondary N) is 2. The lowest BCUT2D eigenvalue weighted by Crippen LogP contribution is -2.35. The van der Waals surface area contributed by atoms with Crippen LogP contribution in [0.4, 0.5) is 5.69 Å². The van der Waals surface area contributed by atoms with Gasteiger partial charge in [-0.05, 0) is 42.6 Å². The molecule has 1 aliphatic heterocycles. The fraction of sp³-hybridized carbons (Fsp3) is 0.235. The molecule has 0 aromatic heterocycles. The van der Waals surface area contributed by atoms with Gasteiger partial charge in [-0.3, -0.25) is 4.79 Å². The van der Waals surface area contributed by atoms with Gasteiger partial charge in [0, 0.05) is 5.69 Å². The van der Waals surface area contributed by atoms with Crippen LogP contribution in [0.15, 0.2) is 54.6 Å². The van der Waals surface area contributed by atoms with Crippen LogP contribution in [0.3, 0.4) is 0 Å². The summed E-state index contributed by atoms with van der Waals surface area (Å²) in [4.78, 5) is 12.0. The van der Waals surface area contributed by atoms with Gasteiger partial charge in [0.25, 0.3) is 0 Å². The summed E-state index contributed by atoms with van der Waals surface area (Å²) < 4.78 is 0. The molecular formula is C17H18N2O. The molecule has 2 N–H and O–H groups in total. The van der Waals surface area contributed by atoms with E-state index in [-0.39, 0.29) is 11.9 Å². The minimum absolute atomic E-state index is 0.0381. The predicted molar refractivity (Wildman–Crippen MR) is 81.5 cm³/mol. The first kappa shape index (κ1) is 12.9. The summed E-state index contributed by atoms with van der Waals surface area (Å²) in [7, 11) is 0. The van der Waals surface area contributed by atoms with E-state index in [0.29, 0.717) is 0 Å². The van der Waals surface area contributed by atoms with Crippen LogP contribution in [-0.4, -0.2) is 18.5 Å². The zero-order chi connectivity index (χ0) is 13.8. The van der Waals surface area contributed by atoms with E-state index in [0.717, 1.165) is 30.6 Å². The standard InChI is InChI=1S/C17H18N2O/c20-17(16-7-4-12-18-16)19-15-10-8-14(9-11-15)13-5-2-1-3-6-13/h1-3,5-6,8-11,16,18H,4,7,12H2,(H,19,20)/t16-/m1/s1. The van der Waals surface area contributed by atoms with Crippen molar-refractivity contribution in [1.82, 2.24) is 5.32 Å². The number of rotatable bonds is 3. The van der Waals surface area contributed by atoms with Gasteiger partial charge in [0.15, 0.2) is 0 Å². The van der Waals surface area contributed by atoms with Gasteiger partial charge in [0.1, 0.15) is 0 Å². The number of hydrogen-bond acceptors (Lipinski definition) is 2. The first-order valence-corrected chi connectivity index (χ1v) is 7.03. The Bertz CT molecular complexity index is 572. The van der Waals surface area contributed by atoms with Crippen molar-refractivity contribution in [3.63, 3.8) is 0 Å². The highest BCUT2D eigenvalue weighted by Crippen LogP contribution is 2.21. The van der Waals surface area contributed by atoms with Gasteiger partial charge >= 0.3 is 0 Å². The van der Waals surface area contributed by atoms with Gasteiger partial charge < -0.3 is 10.6 Å². The molecule has 1 aliphatic rings. The molecule has 2 aromatic rings. The number of carbonyl (C=O) groups is 1. The normalized spacial score (nSPS) is 17.9. The first-order valence-electron chi connectivity index (χ1n) is 7.03. The molecule has 1 fully saturated rings. The van der Waals surface area contributed by atoms with Crippen LogP contribution in [0, 0.1) is 0 Å². The van der Waals surface area contributed by atoms with Crippen LogP contribution in [-0.2, 0) is 4.79 Å².